The molecule has 5 heteroatoms. The molecule has 1 aromatic heterocycles. The fourth-order valence-electron chi connectivity index (χ4n) is 1.21. The van der Waals surface area contributed by atoms with Gasteiger partial charge in [-0.1, -0.05) is 13.8 Å². The largest absolute Gasteiger partial charge is 0.479 e. The van der Waals surface area contributed by atoms with Crippen LogP contribution in [0.5, 0.6) is 0 Å². The van der Waals surface area contributed by atoms with Crippen LogP contribution in [0.1, 0.15) is 30.6 Å². The molecule has 0 fully saturated rings. The van der Waals surface area contributed by atoms with Gasteiger partial charge in [0, 0.05) is 0 Å². The number of carbonyl (C=O) groups excluding carboxylic acids is 1. The average Bonchev–Trinajstić information content (AvgIpc) is 2.68. The average molecular weight is 226 g/mol. The Morgan fingerprint density at radius 3 is 2.62 bits per heavy atom. The molecule has 0 bridgehead atoms. The van der Waals surface area contributed by atoms with Crippen LogP contribution in [-0.4, -0.2) is 23.1 Å². The molecule has 0 radical (unpaired) electrons. The van der Waals surface area contributed by atoms with E-state index < -0.39 is 18.0 Å². The molecule has 0 aliphatic heterocycles. The summed E-state index contributed by atoms with van der Waals surface area (Å²) in [4.78, 5) is 22.3. The summed E-state index contributed by atoms with van der Waals surface area (Å²) in [5.74, 6) is -1.68. The standard InChI is InChI=1S/C11H14O5/c1-7(2)5-9(10(12)13)16-11(14)8-3-4-15-6-8/h3-4,6-7,9H,5H2,1-2H3,(H,12,13). The second-order valence-electron chi connectivity index (χ2n) is 3.87. The minimum absolute atomic E-state index is 0.137. The van der Waals surface area contributed by atoms with Gasteiger partial charge < -0.3 is 14.3 Å². The molecule has 0 amide bonds. The highest BCUT2D eigenvalue weighted by Crippen LogP contribution is 2.12. The van der Waals surface area contributed by atoms with E-state index in [4.69, 9.17) is 14.3 Å². The predicted octanol–water partition coefficient (Wildman–Crippen LogP) is 1.94. The SMILES string of the molecule is CC(C)CC(OC(=O)c1ccoc1)C(=O)O. The van der Waals surface area contributed by atoms with Crippen LogP contribution < -0.4 is 0 Å². The van der Waals surface area contributed by atoms with Gasteiger partial charge in [-0.3, -0.25) is 0 Å². The Morgan fingerprint density at radius 1 is 1.50 bits per heavy atom. The second kappa shape index (κ2) is 5.34. The molecule has 0 aliphatic rings. The summed E-state index contributed by atoms with van der Waals surface area (Å²) in [6.45, 7) is 3.73. The summed E-state index contributed by atoms with van der Waals surface area (Å²) in [7, 11) is 0. The van der Waals surface area contributed by atoms with Crippen molar-refractivity contribution in [2.45, 2.75) is 26.4 Å². The first-order valence-electron chi connectivity index (χ1n) is 4.96. The van der Waals surface area contributed by atoms with Crippen LogP contribution in [-0.2, 0) is 9.53 Å². The molecule has 16 heavy (non-hydrogen) atoms. The van der Waals surface area contributed by atoms with Gasteiger partial charge in [-0.2, -0.15) is 0 Å². The van der Waals surface area contributed by atoms with Crippen molar-refractivity contribution in [1.82, 2.24) is 0 Å². The lowest BCUT2D eigenvalue weighted by molar-refractivity contribution is -0.148. The molecule has 88 valence electrons. The maximum atomic E-state index is 11.5. The quantitative estimate of drug-likeness (QED) is 0.776. The van der Waals surface area contributed by atoms with Crippen molar-refractivity contribution in [3.8, 4) is 0 Å². The fraction of sp³-hybridized carbons (Fsp3) is 0.455. The smallest absolute Gasteiger partial charge is 0.345 e. The molecule has 0 saturated carbocycles. The molecule has 0 aromatic carbocycles. The van der Waals surface area contributed by atoms with Crippen LogP contribution in [0.15, 0.2) is 23.0 Å². The lowest BCUT2D eigenvalue weighted by Gasteiger charge is -2.14. The predicted molar refractivity (Wildman–Crippen MR) is 55.0 cm³/mol. The molecule has 0 spiro atoms. The zero-order valence-corrected chi connectivity index (χ0v) is 9.17. The number of furan rings is 1. The van der Waals surface area contributed by atoms with E-state index in [2.05, 4.69) is 0 Å². The lowest BCUT2D eigenvalue weighted by Crippen LogP contribution is -2.28. The minimum atomic E-state index is -1.13. The van der Waals surface area contributed by atoms with E-state index in [1.54, 1.807) is 0 Å². The third-order valence-electron chi connectivity index (χ3n) is 1.97. The van der Waals surface area contributed by atoms with Crippen LogP contribution in [0.4, 0.5) is 0 Å². The van der Waals surface area contributed by atoms with E-state index in [0.29, 0.717) is 6.42 Å². The molecule has 1 atom stereocenters. The highest BCUT2D eigenvalue weighted by molar-refractivity contribution is 5.90. The number of hydrogen-bond donors (Lipinski definition) is 1. The third kappa shape index (κ3) is 3.42. The number of rotatable bonds is 5. The summed E-state index contributed by atoms with van der Waals surface area (Å²) < 4.78 is 9.58. The van der Waals surface area contributed by atoms with Crippen LogP contribution in [0.3, 0.4) is 0 Å². The summed E-state index contributed by atoms with van der Waals surface area (Å²) in [5.41, 5.74) is 0.218. The van der Waals surface area contributed by atoms with Crippen molar-refractivity contribution in [3.63, 3.8) is 0 Å². The van der Waals surface area contributed by atoms with Gasteiger partial charge in [0.15, 0.2) is 6.10 Å². The second-order valence-corrected chi connectivity index (χ2v) is 3.87. The van der Waals surface area contributed by atoms with Crippen molar-refractivity contribution >= 4 is 11.9 Å². The summed E-state index contributed by atoms with van der Waals surface area (Å²) >= 11 is 0. The van der Waals surface area contributed by atoms with E-state index in [0.717, 1.165) is 0 Å². The van der Waals surface area contributed by atoms with Gasteiger partial charge in [0.1, 0.15) is 6.26 Å². The van der Waals surface area contributed by atoms with Gasteiger partial charge in [0.05, 0.1) is 11.8 Å². The number of esters is 1. The van der Waals surface area contributed by atoms with Crippen LogP contribution in [0, 0.1) is 5.92 Å². The van der Waals surface area contributed by atoms with Crippen molar-refractivity contribution in [3.05, 3.63) is 24.2 Å². The zero-order chi connectivity index (χ0) is 12.1. The summed E-state index contributed by atoms with van der Waals surface area (Å²) in [6.07, 6.45) is 1.73. The van der Waals surface area contributed by atoms with Crippen LogP contribution in [0.25, 0.3) is 0 Å². The molecule has 1 aromatic rings. The van der Waals surface area contributed by atoms with Crippen molar-refractivity contribution < 1.29 is 23.8 Å². The first-order valence-corrected chi connectivity index (χ1v) is 4.96. The molecule has 5 nitrogen and oxygen atoms in total. The molecular weight excluding hydrogens is 212 g/mol. The number of carbonyl (C=O) groups is 2. The fourth-order valence-corrected chi connectivity index (χ4v) is 1.21. The Bertz CT molecular complexity index is 352. The molecule has 1 N–H and O–H groups in total. The summed E-state index contributed by atoms with van der Waals surface area (Å²) in [6, 6.07) is 1.43. The van der Waals surface area contributed by atoms with Crippen molar-refractivity contribution in [1.29, 1.82) is 0 Å². The van der Waals surface area contributed by atoms with E-state index in [1.807, 2.05) is 13.8 Å². The first kappa shape index (κ1) is 12.3. The zero-order valence-electron chi connectivity index (χ0n) is 9.17. The minimum Gasteiger partial charge on any atom is -0.479 e. The van der Waals surface area contributed by atoms with Gasteiger partial charge in [-0.05, 0) is 18.4 Å². The number of carboxylic acid groups (broad SMARTS) is 1. The molecule has 0 saturated heterocycles. The summed E-state index contributed by atoms with van der Waals surface area (Å²) in [5, 5.41) is 8.87. The van der Waals surface area contributed by atoms with E-state index in [-0.39, 0.29) is 11.5 Å². The molecule has 1 rings (SSSR count). The Hall–Kier alpha value is -1.78. The maximum Gasteiger partial charge on any atom is 0.345 e. The maximum absolute atomic E-state index is 11.5. The van der Waals surface area contributed by atoms with Crippen LogP contribution >= 0.6 is 0 Å². The Balaban J connectivity index is 2.62. The Labute approximate surface area is 93.0 Å². The number of ether oxygens (including phenoxy) is 1. The van der Waals surface area contributed by atoms with Crippen LogP contribution in [0.2, 0.25) is 0 Å². The Kier molecular flexibility index (Phi) is 4.10. The van der Waals surface area contributed by atoms with Gasteiger partial charge in [-0.25, -0.2) is 9.59 Å². The first-order chi connectivity index (χ1) is 7.50. The Morgan fingerprint density at radius 2 is 2.19 bits per heavy atom. The van der Waals surface area contributed by atoms with E-state index in [1.165, 1.54) is 18.6 Å². The van der Waals surface area contributed by atoms with Gasteiger partial charge in [0.2, 0.25) is 0 Å². The van der Waals surface area contributed by atoms with Gasteiger partial charge in [0.25, 0.3) is 0 Å². The van der Waals surface area contributed by atoms with Crippen molar-refractivity contribution in [2.24, 2.45) is 5.92 Å². The topological polar surface area (TPSA) is 76.7 Å². The highest BCUT2D eigenvalue weighted by atomic mass is 16.6. The van der Waals surface area contributed by atoms with Crippen molar-refractivity contribution in [2.75, 3.05) is 0 Å². The number of carboxylic acids is 1. The monoisotopic (exact) mass is 226 g/mol. The number of hydrogen-bond acceptors (Lipinski definition) is 4. The van der Waals surface area contributed by atoms with Gasteiger partial charge in [-0.15, -0.1) is 0 Å². The lowest BCUT2D eigenvalue weighted by atomic mass is 10.1. The van der Waals surface area contributed by atoms with Gasteiger partial charge >= 0.3 is 11.9 Å². The highest BCUT2D eigenvalue weighted by Gasteiger charge is 2.24. The number of aliphatic carboxylic acids is 1. The van der Waals surface area contributed by atoms with E-state index in [9.17, 15) is 9.59 Å². The molecular formula is C11H14O5. The van der Waals surface area contributed by atoms with E-state index >= 15 is 0 Å². The molecule has 0 aliphatic carbocycles. The molecule has 1 unspecified atom stereocenters. The normalized spacial score (nSPS) is 12.4. The third-order valence-corrected chi connectivity index (χ3v) is 1.97. The molecule has 1 heterocycles.